The smallest absolute Gasteiger partial charge is 0.231 e. The zero-order chi connectivity index (χ0) is 12.4. The molecule has 0 fully saturated rings. The Bertz CT molecular complexity index is 557. The molecule has 0 spiro atoms. The molecule has 1 aliphatic rings. The first-order valence-corrected chi connectivity index (χ1v) is 5.53. The van der Waals surface area contributed by atoms with Gasteiger partial charge in [0.15, 0.2) is 11.5 Å². The molecule has 0 radical (unpaired) electrons. The molecule has 0 saturated heterocycles. The molecule has 1 aromatic heterocycles. The van der Waals surface area contributed by atoms with Crippen molar-refractivity contribution in [1.29, 1.82) is 0 Å². The predicted molar refractivity (Wildman–Crippen MR) is 66.3 cm³/mol. The number of nitrogens with two attached hydrogens (primary N) is 1. The van der Waals surface area contributed by atoms with Gasteiger partial charge in [0, 0.05) is 12.1 Å². The van der Waals surface area contributed by atoms with Crippen LogP contribution in [-0.2, 0) is 6.54 Å². The number of rotatable bonds is 3. The van der Waals surface area contributed by atoms with E-state index in [-0.39, 0.29) is 6.79 Å². The Morgan fingerprint density at radius 1 is 1.17 bits per heavy atom. The van der Waals surface area contributed by atoms with E-state index in [9.17, 15) is 0 Å². The lowest BCUT2D eigenvalue weighted by Crippen LogP contribution is -2.04. The minimum absolute atomic E-state index is 0.272. The molecule has 3 N–H and O–H groups in total. The van der Waals surface area contributed by atoms with Crippen molar-refractivity contribution in [2.24, 2.45) is 0 Å². The van der Waals surface area contributed by atoms with Gasteiger partial charge in [0.1, 0.15) is 11.6 Å². The molecule has 0 unspecified atom stereocenters. The average Bonchev–Trinajstić information content (AvgIpc) is 2.87. The topological polar surface area (TPSA) is 82.3 Å². The first-order valence-electron chi connectivity index (χ1n) is 5.53. The van der Waals surface area contributed by atoms with Crippen molar-refractivity contribution in [3.63, 3.8) is 0 Å². The summed E-state index contributed by atoms with van der Waals surface area (Å²) < 4.78 is 10.7. The van der Waals surface area contributed by atoms with Gasteiger partial charge in [-0.3, -0.25) is 0 Å². The maximum Gasteiger partial charge on any atom is 0.231 e. The van der Waals surface area contributed by atoms with Gasteiger partial charge in [0.05, 0.1) is 0 Å². The molecule has 6 nitrogen and oxygen atoms in total. The van der Waals surface area contributed by atoms with Crippen molar-refractivity contribution in [3.05, 3.63) is 35.9 Å². The number of para-hydroxylation sites is 1. The Kier molecular flexibility index (Phi) is 2.60. The van der Waals surface area contributed by atoms with E-state index in [1.807, 2.05) is 18.2 Å². The summed E-state index contributed by atoms with van der Waals surface area (Å²) >= 11 is 0. The Labute approximate surface area is 104 Å². The Morgan fingerprint density at radius 3 is 2.94 bits per heavy atom. The molecule has 1 aromatic carbocycles. The number of anilines is 2. The van der Waals surface area contributed by atoms with Crippen LogP contribution < -0.4 is 20.5 Å². The summed E-state index contributed by atoms with van der Waals surface area (Å²) in [5, 5.41) is 10.9. The monoisotopic (exact) mass is 244 g/mol. The summed E-state index contributed by atoms with van der Waals surface area (Å²) in [5.74, 6) is 2.63. The van der Waals surface area contributed by atoms with E-state index in [2.05, 4.69) is 15.5 Å². The molecule has 92 valence electrons. The fourth-order valence-corrected chi connectivity index (χ4v) is 1.75. The molecule has 0 amide bonds. The van der Waals surface area contributed by atoms with E-state index >= 15 is 0 Å². The lowest BCUT2D eigenvalue weighted by molar-refractivity contribution is 0.173. The van der Waals surface area contributed by atoms with Crippen LogP contribution in [0.5, 0.6) is 11.5 Å². The fourth-order valence-electron chi connectivity index (χ4n) is 1.75. The summed E-state index contributed by atoms with van der Waals surface area (Å²) in [6.45, 7) is 0.860. The quantitative estimate of drug-likeness (QED) is 0.849. The molecule has 0 saturated carbocycles. The highest BCUT2D eigenvalue weighted by molar-refractivity contribution is 5.49. The van der Waals surface area contributed by atoms with Crippen molar-refractivity contribution in [1.82, 2.24) is 10.2 Å². The number of fused-ring (bicyclic) bond motifs is 1. The number of nitrogens with zero attached hydrogens (tertiary/aromatic N) is 2. The third kappa shape index (κ3) is 2.00. The summed E-state index contributed by atoms with van der Waals surface area (Å²) in [7, 11) is 0. The maximum absolute atomic E-state index is 5.47. The number of nitrogens with one attached hydrogen (secondary N) is 1. The van der Waals surface area contributed by atoms with Gasteiger partial charge in [0.25, 0.3) is 0 Å². The third-order valence-electron chi connectivity index (χ3n) is 2.62. The van der Waals surface area contributed by atoms with Crippen LogP contribution in [0.1, 0.15) is 5.56 Å². The lowest BCUT2D eigenvalue weighted by Gasteiger charge is -2.07. The Balaban J connectivity index is 1.74. The highest BCUT2D eigenvalue weighted by Crippen LogP contribution is 2.35. The van der Waals surface area contributed by atoms with Gasteiger partial charge in [-0.2, -0.15) is 0 Å². The largest absolute Gasteiger partial charge is 0.454 e. The fraction of sp³-hybridized carbons (Fsp3) is 0.167. The van der Waals surface area contributed by atoms with Gasteiger partial charge in [-0.1, -0.05) is 12.1 Å². The minimum Gasteiger partial charge on any atom is -0.454 e. The number of ether oxygens (including phenoxy) is 2. The second kappa shape index (κ2) is 4.40. The Hall–Kier alpha value is -2.50. The van der Waals surface area contributed by atoms with E-state index < -0.39 is 0 Å². The van der Waals surface area contributed by atoms with E-state index in [1.54, 1.807) is 12.1 Å². The maximum atomic E-state index is 5.47. The van der Waals surface area contributed by atoms with Crippen molar-refractivity contribution in [3.8, 4) is 11.5 Å². The summed E-state index contributed by atoms with van der Waals surface area (Å²) in [6, 6.07) is 9.27. The molecule has 1 aliphatic heterocycles. The predicted octanol–water partition coefficient (Wildman–Crippen LogP) is 1.40. The van der Waals surface area contributed by atoms with Crippen LogP contribution >= 0.6 is 0 Å². The van der Waals surface area contributed by atoms with Crippen LogP contribution in [0.25, 0.3) is 0 Å². The molecular weight excluding hydrogens is 232 g/mol. The van der Waals surface area contributed by atoms with Gasteiger partial charge < -0.3 is 20.5 Å². The van der Waals surface area contributed by atoms with Gasteiger partial charge >= 0.3 is 0 Å². The zero-order valence-electron chi connectivity index (χ0n) is 9.59. The molecule has 0 aliphatic carbocycles. The lowest BCUT2D eigenvalue weighted by atomic mass is 10.2. The van der Waals surface area contributed by atoms with Crippen molar-refractivity contribution in [2.75, 3.05) is 17.8 Å². The van der Waals surface area contributed by atoms with Gasteiger partial charge in [0.2, 0.25) is 6.79 Å². The van der Waals surface area contributed by atoms with Crippen molar-refractivity contribution >= 4 is 11.6 Å². The number of aromatic nitrogens is 2. The first kappa shape index (κ1) is 10.6. The summed E-state index contributed by atoms with van der Waals surface area (Å²) in [5.41, 5.74) is 6.49. The van der Waals surface area contributed by atoms with E-state index in [0.717, 1.165) is 17.1 Å². The summed E-state index contributed by atoms with van der Waals surface area (Å²) in [4.78, 5) is 0. The summed E-state index contributed by atoms with van der Waals surface area (Å²) in [6.07, 6.45) is 0. The van der Waals surface area contributed by atoms with Gasteiger partial charge in [-0.15, -0.1) is 10.2 Å². The number of hydrogen-bond acceptors (Lipinski definition) is 6. The number of benzene rings is 1. The van der Waals surface area contributed by atoms with Crippen LogP contribution in [0, 0.1) is 0 Å². The van der Waals surface area contributed by atoms with E-state index in [0.29, 0.717) is 18.2 Å². The van der Waals surface area contributed by atoms with Crippen LogP contribution in [0.15, 0.2) is 30.3 Å². The van der Waals surface area contributed by atoms with E-state index in [1.165, 1.54) is 0 Å². The Morgan fingerprint density at radius 2 is 2.11 bits per heavy atom. The number of nitrogen functional groups attached to an aromatic ring is 1. The second-order valence-corrected chi connectivity index (χ2v) is 3.85. The van der Waals surface area contributed by atoms with Gasteiger partial charge in [-0.05, 0) is 18.2 Å². The molecule has 0 bridgehead atoms. The standard InChI is InChI=1S/C12H12N4O2/c13-10-4-5-11(16-15-10)14-6-8-2-1-3-9-12(8)18-7-17-9/h1-5H,6-7H2,(H2,13,15)(H,14,16). The van der Waals surface area contributed by atoms with Crippen LogP contribution in [0.2, 0.25) is 0 Å². The van der Waals surface area contributed by atoms with Gasteiger partial charge in [-0.25, -0.2) is 0 Å². The zero-order valence-corrected chi connectivity index (χ0v) is 9.59. The molecule has 2 aromatic rings. The normalized spacial score (nSPS) is 12.4. The molecule has 2 heterocycles. The molecular formula is C12H12N4O2. The minimum atomic E-state index is 0.272. The molecule has 6 heteroatoms. The highest BCUT2D eigenvalue weighted by atomic mass is 16.7. The van der Waals surface area contributed by atoms with Crippen molar-refractivity contribution < 1.29 is 9.47 Å². The SMILES string of the molecule is Nc1ccc(NCc2cccc3c2OCO3)nn1. The van der Waals surface area contributed by atoms with E-state index in [4.69, 9.17) is 15.2 Å². The third-order valence-corrected chi connectivity index (χ3v) is 2.62. The number of hydrogen-bond donors (Lipinski definition) is 2. The van der Waals surface area contributed by atoms with Crippen LogP contribution in [0.4, 0.5) is 11.6 Å². The second-order valence-electron chi connectivity index (χ2n) is 3.85. The van der Waals surface area contributed by atoms with Crippen LogP contribution in [0.3, 0.4) is 0 Å². The average molecular weight is 244 g/mol. The molecule has 18 heavy (non-hydrogen) atoms. The molecule has 3 rings (SSSR count). The first-order chi connectivity index (χ1) is 8.83. The van der Waals surface area contributed by atoms with Crippen molar-refractivity contribution in [2.45, 2.75) is 6.54 Å². The molecule has 0 atom stereocenters. The van der Waals surface area contributed by atoms with Crippen LogP contribution in [-0.4, -0.2) is 17.0 Å². The highest BCUT2D eigenvalue weighted by Gasteiger charge is 2.16.